The number of halogens is 2. The van der Waals surface area contributed by atoms with Crippen molar-refractivity contribution < 1.29 is 4.79 Å². The number of nitrogen functional groups attached to an aromatic ring is 1. The molecular weight excluding hydrogens is 271 g/mol. The Morgan fingerprint density at radius 3 is 2.39 bits per heavy atom. The topological polar surface area (TPSA) is 46.3 Å². The fourth-order valence-corrected chi connectivity index (χ4v) is 2.44. The molecule has 0 spiro atoms. The van der Waals surface area contributed by atoms with Crippen molar-refractivity contribution in [1.82, 2.24) is 4.90 Å². The zero-order valence-electron chi connectivity index (χ0n) is 10.5. The van der Waals surface area contributed by atoms with Crippen molar-refractivity contribution in [2.24, 2.45) is 11.8 Å². The maximum absolute atomic E-state index is 12.3. The van der Waals surface area contributed by atoms with E-state index in [2.05, 4.69) is 13.8 Å². The van der Waals surface area contributed by atoms with Gasteiger partial charge in [-0.3, -0.25) is 4.79 Å². The second-order valence-corrected chi connectivity index (χ2v) is 5.31. The second kappa shape index (κ2) is 5.81. The van der Waals surface area contributed by atoms with E-state index in [0.29, 0.717) is 28.1 Å². The molecule has 1 fully saturated rings. The van der Waals surface area contributed by atoms with Crippen LogP contribution in [0.4, 0.5) is 5.69 Å². The molecule has 1 heterocycles. The maximum atomic E-state index is 12.3. The van der Waals surface area contributed by atoms with Gasteiger partial charge in [0.15, 0.2) is 0 Å². The third-order valence-corrected chi connectivity index (χ3v) is 3.81. The molecule has 2 atom stereocenters. The highest BCUT2D eigenvalue weighted by Gasteiger charge is 2.30. The minimum atomic E-state index is 0. The molecule has 1 aromatic rings. The van der Waals surface area contributed by atoms with E-state index in [0.717, 1.165) is 13.1 Å². The summed E-state index contributed by atoms with van der Waals surface area (Å²) in [5, 5.41) is 0.433. The van der Waals surface area contributed by atoms with Crippen LogP contribution in [0.15, 0.2) is 18.2 Å². The van der Waals surface area contributed by atoms with Gasteiger partial charge >= 0.3 is 0 Å². The zero-order chi connectivity index (χ0) is 12.6. The lowest BCUT2D eigenvalue weighted by molar-refractivity contribution is 0.0785. The van der Waals surface area contributed by atoms with E-state index >= 15 is 0 Å². The highest BCUT2D eigenvalue weighted by atomic mass is 35.5. The number of nitrogens with zero attached hydrogens (tertiary/aromatic N) is 1. The Balaban J connectivity index is 0.00000162. The molecule has 2 unspecified atom stereocenters. The van der Waals surface area contributed by atoms with Crippen LogP contribution in [0.3, 0.4) is 0 Å². The van der Waals surface area contributed by atoms with Crippen LogP contribution >= 0.6 is 24.0 Å². The number of amides is 1. The average molecular weight is 289 g/mol. The predicted molar refractivity (Wildman–Crippen MR) is 77.3 cm³/mol. The van der Waals surface area contributed by atoms with Crippen molar-refractivity contribution in [3.05, 3.63) is 28.8 Å². The van der Waals surface area contributed by atoms with Gasteiger partial charge in [0.25, 0.3) is 5.91 Å². The third-order valence-electron chi connectivity index (χ3n) is 3.50. The van der Waals surface area contributed by atoms with Crippen LogP contribution in [0.25, 0.3) is 0 Å². The van der Waals surface area contributed by atoms with Crippen LogP contribution < -0.4 is 5.73 Å². The highest BCUT2D eigenvalue weighted by molar-refractivity contribution is 6.34. The lowest BCUT2D eigenvalue weighted by atomic mass is 10.0. The summed E-state index contributed by atoms with van der Waals surface area (Å²) in [6.07, 6.45) is 0. The van der Waals surface area contributed by atoms with Crippen molar-refractivity contribution in [3.8, 4) is 0 Å². The molecule has 0 aliphatic carbocycles. The molecular formula is C13H18Cl2N2O. The Bertz CT molecular complexity index is 441. The summed E-state index contributed by atoms with van der Waals surface area (Å²) in [6.45, 7) is 5.95. The number of carbonyl (C=O) groups excluding carboxylic acids is 1. The van der Waals surface area contributed by atoms with Gasteiger partial charge in [-0.15, -0.1) is 12.4 Å². The molecule has 1 aliphatic heterocycles. The number of rotatable bonds is 1. The normalized spacial score (nSPS) is 22.7. The molecule has 0 saturated carbocycles. The summed E-state index contributed by atoms with van der Waals surface area (Å²) in [4.78, 5) is 14.1. The van der Waals surface area contributed by atoms with Gasteiger partial charge in [-0.2, -0.15) is 0 Å². The Morgan fingerprint density at radius 2 is 1.89 bits per heavy atom. The quantitative estimate of drug-likeness (QED) is 0.808. The highest BCUT2D eigenvalue weighted by Crippen LogP contribution is 2.26. The predicted octanol–water partition coefficient (Wildman–Crippen LogP) is 3.07. The van der Waals surface area contributed by atoms with Crippen molar-refractivity contribution in [1.29, 1.82) is 0 Å². The van der Waals surface area contributed by atoms with E-state index in [-0.39, 0.29) is 18.3 Å². The first-order valence-electron chi connectivity index (χ1n) is 5.83. The number of hydrogen-bond donors (Lipinski definition) is 1. The number of likely N-dealkylation sites (tertiary alicyclic amines) is 1. The molecule has 100 valence electrons. The maximum Gasteiger partial charge on any atom is 0.255 e. The number of anilines is 1. The number of carbonyl (C=O) groups is 1. The lowest BCUT2D eigenvalue weighted by Gasteiger charge is -2.17. The van der Waals surface area contributed by atoms with Crippen molar-refractivity contribution >= 4 is 35.6 Å². The molecule has 2 rings (SSSR count). The van der Waals surface area contributed by atoms with Crippen LogP contribution in [-0.4, -0.2) is 23.9 Å². The molecule has 0 aromatic heterocycles. The minimum absolute atomic E-state index is 0. The molecule has 1 aliphatic rings. The monoisotopic (exact) mass is 288 g/mol. The first-order chi connectivity index (χ1) is 7.99. The summed E-state index contributed by atoms with van der Waals surface area (Å²) < 4.78 is 0. The van der Waals surface area contributed by atoms with Gasteiger partial charge in [-0.25, -0.2) is 0 Å². The van der Waals surface area contributed by atoms with E-state index in [4.69, 9.17) is 17.3 Å². The Hall–Kier alpha value is -0.930. The number of benzene rings is 1. The van der Waals surface area contributed by atoms with Crippen molar-refractivity contribution in [2.45, 2.75) is 13.8 Å². The van der Waals surface area contributed by atoms with E-state index in [9.17, 15) is 4.79 Å². The molecule has 1 aromatic carbocycles. The summed E-state index contributed by atoms with van der Waals surface area (Å²) >= 11 is 6.05. The number of hydrogen-bond acceptors (Lipinski definition) is 2. The molecule has 1 saturated heterocycles. The van der Waals surface area contributed by atoms with Gasteiger partial charge in [-0.1, -0.05) is 25.4 Å². The van der Waals surface area contributed by atoms with E-state index < -0.39 is 0 Å². The van der Waals surface area contributed by atoms with E-state index in [1.807, 2.05) is 4.90 Å². The average Bonchev–Trinajstić information content (AvgIpc) is 2.58. The van der Waals surface area contributed by atoms with Gasteiger partial charge < -0.3 is 10.6 Å². The minimum Gasteiger partial charge on any atom is -0.399 e. The largest absolute Gasteiger partial charge is 0.399 e. The molecule has 0 bridgehead atoms. The smallest absolute Gasteiger partial charge is 0.255 e. The Kier molecular flexibility index (Phi) is 4.88. The molecule has 18 heavy (non-hydrogen) atoms. The first kappa shape index (κ1) is 15.1. The lowest BCUT2D eigenvalue weighted by Crippen LogP contribution is -2.29. The third kappa shape index (κ3) is 2.90. The molecule has 3 nitrogen and oxygen atoms in total. The summed E-state index contributed by atoms with van der Waals surface area (Å²) in [5.74, 6) is 1.10. The van der Waals surface area contributed by atoms with Crippen molar-refractivity contribution in [2.75, 3.05) is 18.8 Å². The van der Waals surface area contributed by atoms with E-state index in [1.54, 1.807) is 18.2 Å². The molecule has 1 amide bonds. The summed E-state index contributed by atoms with van der Waals surface area (Å²) in [7, 11) is 0. The van der Waals surface area contributed by atoms with Gasteiger partial charge in [0.05, 0.1) is 10.6 Å². The Labute approximate surface area is 119 Å². The first-order valence-corrected chi connectivity index (χ1v) is 6.21. The van der Waals surface area contributed by atoms with Crippen LogP contribution in [-0.2, 0) is 0 Å². The van der Waals surface area contributed by atoms with Crippen LogP contribution in [0.1, 0.15) is 24.2 Å². The fraction of sp³-hybridized carbons (Fsp3) is 0.462. The summed E-state index contributed by atoms with van der Waals surface area (Å²) in [6, 6.07) is 5.04. The SMILES string of the molecule is CC1CN(C(=O)c2ccc(N)cc2Cl)CC1C.Cl. The van der Waals surface area contributed by atoms with Gasteiger partial charge in [0, 0.05) is 18.8 Å². The standard InChI is InChI=1S/C13H17ClN2O.ClH/c1-8-6-16(7-9(8)2)13(17)11-4-3-10(15)5-12(11)14;/h3-5,8-9H,6-7,15H2,1-2H3;1H. The van der Waals surface area contributed by atoms with Gasteiger partial charge in [-0.05, 0) is 30.0 Å². The van der Waals surface area contributed by atoms with E-state index in [1.165, 1.54) is 0 Å². The van der Waals surface area contributed by atoms with Gasteiger partial charge in [0.2, 0.25) is 0 Å². The van der Waals surface area contributed by atoms with Crippen molar-refractivity contribution in [3.63, 3.8) is 0 Å². The summed E-state index contributed by atoms with van der Waals surface area (Å²) in [5.41, 5.74) is 6.74. The molecule has 5 heteroatoms. The van der Waals surface area contributed by atoms with Crippen LogP contribution in [0, 0.1) is 11.8 Å². The zero-order valence-corrected chi connectivity index (χ0v) is 12.1. The fourth-order valence-electron chi connectivity index (χ4n) is 2.17. The second-order valence-electron chi connectivity index (χ2n) is 4.90. The van der Waals surface area contributed by atoms with Gasteiger partial charge in [0.1, 0.15) is 0 Å². The molecule has 0 radical (unpaired) electrons. The van der Waals surface area contributed by atoms with Crippen LogP contribution in [0.5, 0.6) is 0 Å². The number of nitrogens with two attached hydrogens (primary N) is 1. The van der Waals surface area contributed by atoms with Crippen LogP contribution in [0.2, 0.25) is 5.02 Å². The Morgan fingerprint density at radius 1 is 1.33 bits per heavy atom. The molecule has 2 N–H and O–H groups in total.